The summed E-state index contributed by atoms with van der Waals surface area (Å²) in [6, 6.07) is 33.9. The van der Waals surface area contributed by atoms with Crippen molar-refractivity contribution < 1.29 is 9.21 Å². The van der Waals surface area contributed by atoms with Crippen molar-refractivity contribution in [1.29, 1.82) is 5.26 Å². The molecule has 0 N–H and O–H groups in total. The molecule has 0 bridgehead atoms. The number of nitriles is 1. The Labute approximate surface area is 247 Å². The summed E-state index contributed by atoms with van der Waals surface area (Å²) in [6.07, 6.45) is 0. The maximum Gasteiger partial charge on any atom is 0.345 e. The number of para-hydroxylation sites is 1. The fourth-order valence-corrected chi connectivity index (χ4v) is 6.62. The molecule has 0 saturated heterocycles. The van der Waals surface area contributed by atoms with Gasteiger partial charge in [0.15, 0.2) is 5.04 Å². The van der Waals surface area contributed by atoms with Gasteiger partial charge in [-0.3, -0.25) is 4.79 Å². The first-order valence-electron chi connectivity index (χ1n) is 12.9. The van der Waals surface area contributed by atoms with Crippen LogP contribution in [0, 0.1) is 11.3 Å². The van der Waals surface area contributed by atoms with Gasteiger partial charge in [0.25, 0.3) is 0 Å². The van der Waals surface area contributed by atoms with Crippen LogP contribution in [0.15, 0.2) is 128 Å². The van der Waals surface area contributed by atoms with E-state index in [2.05, 4.69) is 11.2 Å². The highest BCUT2D eigenvalue weighted by Crippen LogP contribution is 2.41. The zero-order valence-electron chi connectivity index (χ0n) is 21.7. The zero-order valence-corrected chi connectivity index (χ0v) is 23.4. The maximum absolute atomic E-state index is 13.3. The molecule has 4 aromatic carbocycles. The van der Waals surface area contributed by atoms with Gasteiger partial charge in [-0.05, 0) is 46.8 Å². The Kier molecular flexibility index (Phi) is 6.47. The molecule has 1 aliphatic rings. The minimum absolute atomic E-state index is 0.241. The average Bonchev–Trinajstić information content (AvgIpc) is 3.70. The van der Waals surface area contributed by atoms with E-state index in [4.69, 9.17) is 9.40 Å². The van der Waals surface area contributed by atoms with Gasteiger partial charge in [-0.15, -0.1) is 11.3 Å². The Morgan fingerprint density at radius 3 is 2.40 bits per heavy atom. The lowest BCUT2D eigenvalue weighted by molar-refractivity contribution is 0.106. The number of aromatic nitrogens is 1. The number of ketones is 1. The molecule has 0 spiro atoms. The van der Waals surface area contributed by atoms with Crippen molar-refractivity contribution in [3.63, 3.8) is 0 Å². The van der Waals surface area contributed by atoms with Crippen LogP contribution in [0.1, 0.15) is 15.4 Å². The Hall–Kier alpha value is -5.30. The monoisotopic (exact) mass is 582 g/mol. The van der Waals surface area contributed by atoms with Crippen LogP contribution in [0.4, 0.5) is 5.69 Å². The molecular formula is C33H18N4O3S2. The molecule has 2 aromatic heterocycles. The van der Waals surface area contributed by atoms with Gasteiger partial charge in [-0.2, -0.15) is 10.4 Å². The third kappa shape index (κ3) is 4.49. The number of hydrazone groups is 1. The second kappa shape index (κ2) is 10.6. The van der Waals surface area contributed by atoms with E-state index >= 15 is 0 Å². The van der Waals surface area contributed by atoms with Crippen LogP contribution in [0.25, 0.3) is 38.6 Å². The van der Waals surface area contributed by atoms with E-state index < -0.39 is 5.63 Å². The lowest BCUT2D eigenvalue weighted by atomic mass is 10.0. The number of fused-ring (bicyclic) bond motifs is 3. The van der Waals surface area contributed by atoms with Crippen molar-refractivity contribution >= 4 is 66.9 Å². The number of rotatable bonds is 5. The average molecular weight is 583 g/mol. The van der Waals surface area contributed by atoms with Crippen LogP contribution in [0.2, 0.25) is 0 Å². The van der Waals surface area contributed by atoms with Crippen molar-refractivity contribution in [2.45, 2.75) is 0 Å². The number of hydrogen-bond donors (Lipinski definition) is 0. The van der Waals surface area contributed by atoms with Gasteiger partial charge >= 0.3 is 5.63 Å². The third-order valence-electron chi connectivity index (χ3n) is 6.77. The summed E-state index contributed by atoms with van der Waals surface area (Å²) in [4.78, 5) is 31.0. The number of hydrogen-bond acceptors (Lipinski definition) is 9. The van der Waals surface area contributed by atoms with E-state index in [0.29, 0.717) is 38.1 Å². The molecule has 0 radical (unpaired) electrons. The lowest BCUT2D eigenvalue weighted by Crippen LogP contribution is -2.12. The highest BCUT2D eigenvalue weighted by atomic mass is 32.2. The fraction of sp³-hybridized carbons (Fsp3) is 0. The molecule has 0 fully saturated rings. The zero-order chi connectivity index (χ0) is 28.6. The Balaban J connectivity index is 1.33. The van der Waals surface area contributed by atoms with Crippen molar-refractivity contribution in [3.05, 3.63) is 135 Å². The number of Topliss-reactive ketones (excluding diaryl/α,β-unsaturated/α-hetero) is 1. The second-order valence-corrected chi connectivity index (χ2v) is 11.2. The van der Waals surface area contributed by atoms with E-state index in [1.54, 1.807) is 46.8 Å². The van der Waals surface area contributed by atoms with E-state index in [1.165, 1.54) is 11.3 Å². The van der Waals surface area contributed by atoms with Crippen LogP contribution >= 0.6 is 23.1 Å². The predicted octanol–water partition coefficient (Wildman–Crippen LogP) is 7.71. The number of carbonyl (C=O) groups is 1. The highest BCUT2D eigenvalue weighted by molar-refractivity contribution is 8.19. The van der Waals surface area contributed by atoms with Crippen LogP contribution in [0.5, 0.6) is 0 Å². The van der Waals surface area contributed by atoms with E-state index in [9.17, 15) is 14.9 Å². The molecule has 0 saturated carbocycles. The summed E-state index contributed by atoms with van der Waals surface area (Å²) in [6.45, 7) is 0. The molecule has 0 aliphatic carbocycles. The molecule has 200 valence electrons. The van der Waals surface area contributed by atoms with E-state index in [0.717, 1.165) is 27.9 Å². The summed E-state index contributed by atoms with van der Waals surface area (Å²) >= 11 is 2.36. The topological polar surface area (TPSA) is 99.6 Å². The van der Waals surface area contributed by atoms with Crippen LogP contribution < -0.4 is 10.6 Å². The summed E-state index contributed by atoms with van der Waals surface area (Å²) in [5.41, 5.74) is 2.13. The molecule has 7 rings (SSSR count). The third-order valence-corrected chi connectivity index (χ3v) is 8.66. The van der Waals surface area contributed by atoms with Gasteiger partial charge < -0.3 is 4.42 Å². The number of allylic oxidation sites excluding steroid dienone is 1. The van der Waals surface area contributed by atoms with Crippen LogP contribution in [-0.4, -0.2) is 15.8 Å². The van der Waals surface area contributed by atoms with Gasteiger partial charge in [-0.1, -0.05) is 78.9 Å². The Bertz CT molecular complexity index is 2180. The molecule has 7 nitrogen and oxygen atoms in total. The largest absolute Gasteiger partial charge is 0.422 e. The van der Waals surface area contributed by atoms with Gasteiger partial charge in [0.2, 0.25) is 5.78 Å². The smallest absolute Gasteiger partial charge is 0.345 e. The van der Waals surface area contributed by atoms with Crippen LogP contribution in [0.3, 0.4) is 0 Å². The summed E-state index contributed by atoms with van der Waals surface area (Å²) in [7, 11) is 0. The van der Waals surface area contributed by atoms with Gasteiger partial charge in [0.1, 0.15) is 27.3 Å². The summed E-state index contributed by atoms with van der Waals surface area (Å²) < 4.78 is 5.67. The van der Waals surface area contributed by atoms with Gasteiger partial charge in [0.05, 0.1) is 16.9 Å². The standard InChI is InChI=1S/C33H18N4O3S2/c34-18-26(32-37(22-12-5-2-6-13-22)36-31(42-32)29(38)21-10-3-1-4-11-21)30-35-27(19-41-30)25-17-24-23-14-8-7-9-20(23)15-16-28(24)40-33(25)39/h1-17,19H/b32-26-. The minimum Gasteiger partial charge on any atom is -0.422 e. The molecule has 3 heterocycles. The number of carbonyl (C=O) groups excluding carboxylic acids is 1. The van der Waals surface area contributed by atoms with Gasteiger partial charge in [-0.25, -0.2) is 14.8 Å². The number of thiazole rings is 1. The first-order valence-corrected chi connectivity index (χ1v) is 14.6. The predicted molar refractivity (Wildman–Crippen MR) is 168 cm³/mol. The molecular weight excluding hydrogens is 565 g/mol. The fourth-order valence-electron chi connectivity index (χ4n) is 4.75. The highest BCUT2D eigenvalue weighted by Gasteiger charge is 2.32. The van der Waals surface area contributed by atoms with Crippen molar-refractivity contribution in [2.75, 3.05) is 5.01 Å². The number of anilines is 1. The van der Waals surface area contributed by atoms with E-state index in [-0.39, 0.29) is 16.4 Å². The lowest BCUT2D eigenvalue weighted by Gasteiger charge is -2.16. The number of benzene rings is 4. The minimum atomic E-state index is -0.513. The molecule has 6 aromatic rings. The molecule has 0 unspecified atom stereocenters. The molecule has 0 amide bonds. The van der Waals surface area contributed by atoms with Crippen molar-refractivity contribution in [1.82, 2.24) is 4.98 Å². The Morgan fingerprint density at radius 2 is 1.62 bits per heavy atom. The molecule has 1 aliphatic heterocycles. The second-order valence-electron chi connectivity index (χ2n) is 9.33. The summed E-state index contributed by atoms with van der Waals surface area (Å²) in [5.74, 6) is -0.241. The Morgan fingerprint density at radius 1 is 0.881 bits per heavy atom. The van der Waals surface area contributed by atoms with Gasteiger partial charge in [0, 0.05) is 16.3 Å². The first-order chi connectivity index (χ1) is 20.6. The van der Waals surface area contributed by atoms with Crippen LogP contribution in [-0.2, 0) is 0 Å². The molecule has 9 heteroatoms. The van der Waals surface area contributed by atoms with Crippen molar-refractivity contribution in [2.24, 2.45) is 5.10 Å². The summed E-state index contributed by atoms with van der Waals surface area (Å²) in [5, 5.41) is 22.2. The van der Waals surface area contributed by atoms with E-state index in [1.807, 2.05) is 66.7 Å². The normalized spacial score (nSPS) is 14.2. The first kappa shape index (κ1) is 25.7. The quantitative estimate of drug-likeness (QED) is 0.0888. The maximum atomic E-state index is 13.3. The number of nitrogens with zero attached hydrogens (tertiary/aromatic N) is 4. The van der Waals surface area contributed by atoms with Crippen molar-refractivity contribution in [3.8, 4) is 17.3 Å². The number of thioether (sulfide) groups is 1. The molecule has 42 heavy (non-hydrogen) atoms. The molecule has 0 atom stereocenters. The SMILES string of the molecule is N#C/C(=C1/SC(C(=O)c2ccccc2)=NN1c1ccccc1)c1nc(-c2cc3c(ccc4ccccc43)oc2=O)cs1.